The van der Waals surface area contributed by atoms with E-state index in [2.05, 4.69) is 26.0 Å². The number of ether oxygens (including phenoxy) is 2. The molecule has 1 aromatic heterocycles. The predicted octanol–water partition coefficient (Wildman–Crippen LogP) is 4.80. The van der Waals surface area contributed by atoms with E-state index in [1.54, 1.807) is 20.3 Å². The van der Waals surface area contributed by atoms with Crippen LogP contribution in [0.25, 0.3) is 0 Å². The lowest BCUT2D eigenvalue weighted by molar-refractivity contribution is -0.130. The Hall–Kier alpha value is -2.27. The van der Waals surface area contributed by atoms with Crippen molar-refractivity contribution in [1.29, 1.82) is 0 Å². The molecule has 0 unspecified atom stereocenters. The van der Waals surface area contributed by atoms with Gasteiger partial charge in [-0.25, -0.2) is 0 Å². The van der Waals surface area contributed by atoms with Crippen LogP contribution in [-0.4, -0.2) is 37.2 Å². The number of hydrogen-bond acceptors (Lipinski definition) is 4. The third-order valence-corrected chi connectivity index (χ3v) is 6.16. The van der Waals surface area contributed by atoms with Crippen LogP contribution < -0.4 is 4.74 Å². The topological polar surface area (TPSA) is 51.9 Å². The number of carbonyl (C=O) groups excluding carboxylic acids is 1. The van der Waals surface area contributed by atoms with Gasteiger partial charge in [0.1, 0.15) is 11.5 Å². The number of benzene rings is 1. The van der Waals surface area contributed by atoms with Crippen molar-refractivity contribution in [3.63, 3.8) is 0 Å². The van der Waals surface area contributed by atoms with Crippen molar-refractivity contribution < 1.29 is 18.7 Å². The maximum atomic E-state index is 12.3. The molecule has 1 saturated heterocycles. The lowest BCUT2D eigenvalue weighted by Gasteiger charge is -2.44. The van der Waals surface area contributed by atoms with Gasteiger partial charge in [0, 0.05) is 31.1 Å². The molecule has 1 aromatic carbocycles. The molecule has 3 rings (SSSR count). The van der Waals surface area contributed by atoms with Crippen molar-refractivity contribution >= 4 is 5.91 Å². The Labute approximate surface area is 174 Å². The van der Waals surface area contributed by atoms with E-state index in [0.29, 0.717) is 19.0 Å². The van der Waals surface area contributed by atoms with Crippen molar-refractivity contribution in [2.24, 2.45) is 5.92 Å². The largest absolute Gasteiger partial charge is 0.496 e. The summed E-state index contributed by atoms with van der Waals surface area (Å²) in [6, 6.07) is 12.1. The Bertz CT molecular complexity index is 786. The van der Waals surface area contributed by atoms with Gasteiger partial charge in [-0.15, -0.1) is 0 Å². The highest BCUT2D eigenvalue weighted by atomic mass is 16.5. The van der Waals surface area contributed by atoms with Gasteiger partial charge in [-0.3, -0.25) is 4.79 Å². The SMILES string of the molecule is COc1ccccc1[C@@]1(CCN(Cc2ccco2)C(C)=O)CCO[C@@H](C(C)C)C1. The highest BCUT2D eigenvalue weighted by Gasteiger charge is 2.41. The summed E-state index contributed by atoms with van der Waals surface area (Å²) in [7, 11) is 1.73. The first-order chi connectivity index (χ1) is 13.9. The average molecular weight is 400 g/mol. The van der Waals surface area contributed by atoms with E-state index in [-0.39, 0.29) is 17.4 Å². The quantitative estimate of drug-likeness (QED) is 0.640. The van der Waals surface area contributed by atoms with Crippen molar-refractivity contribution in [3.8, 4) is 5.75 Å². The molecule has 0 radical (unpaired) electrons. The summed E-state index contributed by atoms with van der Waals surface area (Å²) in [6.07, 6.45) is 4.56. The lowest BCUT2D eigenvalue weighted by atomic mass is 9.68. The van der Waals surface area contributed by atoms with Crippen LogP contribution in [0.5, 0.6) is 5.75 Å². The van der Waals surface area contributed by atoms with E-state index in [9.17, 15) is 4.79 Å². The molecule has 1 amide bonds. The second kappa shape index (κ2) is 9.49. The monoisotopic (exact) mass is 399 g/mol. The minimum Gasteiger partial charge on any atom is -0.496 e. The molecule has 0 saturated carbocycles. The summed E-state index contributed by atoms with van der Waals surface area (Å²) in [6.45, 7) is 7.93. The number of methoxy groups -OCH3 is 1. The molecule has 0 aliphatic carbocycles. The number of para-hydroxylation sites is 1. The van der Waals surface area contributed by atoms with Gasteiger partial charge in [0.05, 0.1) is 26.0 Å². The molecule has 2 atom stereocenters. The zero-order chi connectivity index (χ0) is 20.9. The fraction of sp³-hybridized carbons (Fsp3) is 0.542. The van der Waals surface area contributed by atoms with Gasteiger partial charge in [-0.2, -0.15) is 0 Å². The smallest absolute Gasteiger partial charge is 0.219 e. The van der Waals surface area contributed by atoms with Crippen molar-refractivity contribution in [2.45, 2.75) is 58.1 Å². The summed E-state index contributed by atoms with van der Waals surface area (Å²) in [5, 5.41) is 0. The molecule has 5 nitrogen and oxygen atoms in total. The lowest BCUT2D eigenvalue weighted by Crippen LogP contribution is -2.43. The van der Waals surface area contributed by atoms with Crippen molar-refractivity contribution in [2.75, 3.05) is 20.3 Å². The zero-order valence-corrected chi connectivity index (χ0v) is 18.0. The van der Waals surface area contributed by atoms with Gasteiger partial charge in [0.15, 0.2) is 0 Å². The number of furan rings is 1. The molecular weight excluding hydrogens is 366 g/mol. The number of nitrogens with zero attached hydrogens (tertiary/aromatic N) is 1. The maximum Gasteiger partial charge on any atom is 0.219 e. The van der Waals surface area contributed by atoms with E-state index in [0.717, 1.165) is 37.4 Å². The standard InChI is InChI=1S/C24H33NO4/c1-18(2)23-16-24(12-15-29-23,21-9-5-6-10-22(21)27-4)11-13-25(19(3)26)17-20-8-7-14-28-20/h5-10,14,18,23H,11-13,15-17H2,1-4H3/t23-,24+/m1/s1. The normalized spacial score (nSPS) is 21.9. The fourth-order valence-corrected chi connectivity index (χ4v) is 4.36. The van der Waals surface area contributed by atoms with E-state index in [1.165, 1.54) is 5.56 Å². The van der Waals surface area contributed by atoms with Gasteiger partial charge in [-0.1, -0.05) is 32.0 Å². The minimum absolute atomic E-state index is 0.0593. The molecule has 2 heterocycles. The Kier molecular flexibility index (Phi) is 7.01. The summed E-state index contributed by atoms with van der Waals surface area (Å²) in [5.41, 5.74) is 1.13. The molecule has 1 aliphatic rings. The first kappa shape index (κ1) is 21.4. The number of rotatable bonds is 8. The number of carbonyl (C=O) groups is 1. The maximum absolute atomic E-state index is 12.3. The second-order valence-corrected chi connectivity index (χ2v) is 8.36. The molecule has 29 heavy (non-hydrogen) atoms. The zero-order valence-electron chi connectivity index (χ0n) is 18.0. The highest BCUT2D eigenvalue weighted by Crippen LogP contribution is 2.45. The van der Waals surface area contributed by atoms with Crippen LogP contribution >= 0.6 is 0 Å². The summed E-state index contributed by atoms with van der Waals surface area (Å²) < 4.78 is 17.3. The fourth-order valence-electron chi connectivity index (χ4n) is 4.36. The molecule has 1 fully saturated rings. The molecule has 2 aromatic rings. The Morgan fingerprint density at radius 3 is 2.72 bits per heavy atom. The molecule has 0 N–H and O–H groups in total. The van der Waals surface area contributed by atoms with Crippen molar-refractivity contribution in [1.82, 2.24) is 4.90 Å². The first-order valence-corrected chi connectivity index (χ1v) is 10.5. The van der Waals surface area contributed by atoms with Crippen LogP contribution in [0.2, 0.25) is 0 Å². The minimum atomic E-state index is -0.0867. The molecule has 158 valence electrons. The van der Waals surface area contributed by atoms with Gasteiger partial charge >= 0.3 is 0 Å². The highest BCUT2D eigenvalue weighted by molar-refractivity contribution is 5.73. The van der Waals surface area contributed by atoms with Gasteiger partial charge < -0.3 is 18.8 Å². The van der Waals surface area contributed by atoms with Crippen LogP contribution in [0.15, 0.2) is 47.1 Å². The molecular formula is C24H33NO4. The Morgan fingerprint density at radius 2 is 2.07 bits per heavy atom. The van der Waals surface area contributed by atoms with Crippen LogP contribution in [0, 0.1) is 5.92 Å². The summed E-state index contributed by atoms with van der Waals surface area (Å²) in [4.78, 5) is 14.2. The molecule has 5 heteroatoms. The molecule has 0 spiro atoms. The molecule has 0 bridgehead atoms. The third-order valence-electron chi connectivity index (χ3n) is 6.16. The van der Waals surface area contributed by atoms with Gasteiger partial charge in [-0.05, 0) is 43.4 Å². The van der Waals surface area contributed by atoms with E-state index in [4.69, 9.17) is 13.9 Å². The Morgan fingerprint density at radius 1 is 1.28 bits per heavy atom. The average Bonchev–Trinajstić information content (AvgIpc) is 3.24. The summed E-state index contributed by atoms with van der Waals surface area (Å²) >= 11 is 0. The van der Waals surface area contributed by atoms with E-state index in [1.807, 2.05) is 29.2 Å². The second-order valence-electron chi connectivity index (χ2n) is 8.36. The third kappa shape index (κ3) is 5.02. The predicted molar refractivity (Wildman–Crippen MR) is 113 cm³/mol. The summed E-state index contributed by atoms with van der Waals surface area (Å²) in [5.74, 6) is 2.22. The van der Waals surface area contributed by atoms with Crippen LogP contribution in [0.1, 0.15) is 51.4 Å². The van der Waals surface area contributed by atoms with Gasteiger partial charge in [0.2, 0.25) is 5.91 Å². The Balaban J connectivity index is 1.87. The van der Waals surface area contributed by atoms with Crippen molar-refractivity contribution in [3.05, 3.63) is 54.0 Å². The van der Waals surface area contributed by atoms with Crippen LogP contribution in [0.4, 0.5) is 0 Å². The number of amides is 1. The number of hydrogen-bond donors (Lipinski definition) is 0. The van der Waals surface area contributed by atoms with E-state index >= 15 is 0 Å². The van der Waals surface area contributed by atoms with E-state index < -0.39 is 0 Å². The first-order valence-electron chi connectivity index (χ1n) is 10.5. The molecule has 1 aliphatic heterocycles. The van der Waals surface area contributed by atoms with Gasteiger partial charge in [0.25, 0.3) is 0 Å². The van der Waals surface area contributed by atoms with Crippen LogP contribution in [-0.2, 0) is 21.5 Å². The van der Waals surface area contributed by atoms with Crippen LogP contribution in [0.3, 0.4) is 0 Å².